The van der Waals surface area contributed by atoms with Crippen LogP contribution < -0.4 is 4.74 Å². The van der Waals surface area contributed by atoms with Gasteiger partial charge in [-0.25, -0.2) is 0 Å². The number of benzene rings is 1. The van der Waals surface area contributed by atoms with Crippen LogP contribution in [0.15, 0.2) is 24.3 Å². The molecule has 0 bridgehead atoms. The van der Waals surface area contributed by atoms with Gasteiger partial charge in [-0.2, -0.15) is 0 Å². The zero-order valence-electron chi connectivity index (χ0n) is 9.90. The van der Waals surface area contributed by atoms with E-state index in [1.54, 1.807) is 6.92 Å². The van der Waals surface area contributed by atoms with Crippen LogP contribution in [-0.2, 0) is 0 Å². The number of rotatable bonds is 4. The lowest BCUT2D eigenvalue weighted by Crippen LogP contribution is -2.25. The second-order valence-corrected chi connectivity index (χ2v) is 4.29. The van der Waals surface area contributed by atoms with Gasteiger partial charge in [-0.1, -0.05) is 26.0 Å². The monoisotopic (exact) mass is 208 g/mol. The Bertz CT molecular complexity index is 288. The van der Waals surface area contributed by atoms with Crippen molar-refractivity contribution in [2.24, 2.45) is 0 Å². The summed E-state index contributed by atoms with van der Waals surface area (Å²) in [7, 11) is 0. The molecule has 2 nitrogen and oxygen atoms in total. The van der Waals surface area contributed by atoms with Crippen LogP contribution >= 0.6 is 0 Å². The maximum atomic E-state index is 9.30. The topological polar surface area (TPSA) is 29.5 Å². The largest absolute Gasteiger partial charge is 0.488 e. The second kappa shape index (κ2) is 5.17. The predicted molar refractivity (Wildman–Crippen MR) is 62.3 cm³/mol. The summed E-state index contributed by atoms with van der Waals surface area (Å²) in [5.74, 6) is 1.35. The molecule has 0 aliphatic rings. The predicted octanol–water partition coefficient (Wildman–Crippen LogP) is 2.96. The highest BCUT2D eigenvalue weighted by molar-refractivity contribution is 5.29. The molecule has 1 aromatic carbocycles. The SMILES string of the molecule is CC(C)c1ccc(OC(C)[C@H](C)O)cc1. The van der Waals surface area contributed by atoms with Crippen LogP contribution in [0.3, 0.4) is 0 Å². The summed E-state index contributed by atoms with van der Waals surface area (Å²) in [6, 6.07) is 8.03. The summed E-state index contributed by atoms with van der Waals surface area (Å²) < 4.78 is 5.56. The average molecular weight is 208 g/mol. The molecule has 0 saturated carbocycles. The molecule has 1 aromatic rings. The Morgan fingerprint density at radius 3 is 1.93 bits per heavy atom. The van der Waals surface area contributed by atoms with Gasteiger partial charge >= 0.3 is 0 Å². The van der Waals surface area contributed by atoms with Gasteiger partial charge in [-0.05, 0) is 37.5 Å². The van der Waals surface area contributed by atoms with E-state index in [9.17, 15) is 5.11 Å². The number of ether oxygens (including phenoxy) is 1. The minimum Gasteiger partial charge on any atom is -0.488 e. The quantitative estimate of drug-likeness (QED) is 0.824. The highest BCUT2D eigenvalue weighted by Gasteiger charge is 2.10. The van der Waals surface area contributed by atoms with Crippen LogP contribution in [0.5, 0.6) is 5.75 Å². The van der Waals surface area contributed by atoms with Crippen LogP contribution in [0.2, 0.25) is 0 Å². The van der Waals surface area contributed by atoms with Crippen LogP contribution in [0, 0.1) is 0 Å². The Labute approximate surface area is 91.9 Å². The Morgan fingerprint density at radius 1 is 1.00 bits per heavy atom. The molecule has 0 aromatic heterocycles. The maximum Gasteiger partial charge on any atom is 0.121 e. The standard InChI is InChI=1S/C13H20O2/c1-9(2)12-5-7-13(8-6-12)15-11(4)10(3)14/h5-11,14H,1-4H3/t10-,11?/m0/s1. The van der Waals surface area contributed by atoms with E-state index < -0.39 is 6.10 Å². The Balaban J connectivity index is 2.64. The van der Waals surface area contributed by atoms with Crippen LogP contribution in [0.25, 0.3) is 0 Å². The molecule has 0 aliphatic heterocycles. The first-order valence-corrected chi connectivity index (χ1v) is 5.45. The van der Waals surface area contributed by atoms with Crippen molar-refractivity contribution in [3.05, 3.63) is 29.8 Å². The van der Waals surface area contributed by atoms with Gasteiger partial charge in [0, 0.05) is 0 Å². The van der Waals surface area contributed by atoms with Crippen molar-refractivity contribution in [1.82, 2.24) is 0 Å². The van der Waals surface area contributed by atoms with E-state index in [1.165, 1.54) is 5.56 Å². The molecule has 0 spiro atoms. The Kier molecular flexibility index (Phi) is 4.15. The summed E-state index contributed by atoms with van der Waals surface area (Å²) in [6.07, 6.45) is -0.621. The molecule has 0 radical (unpaired) electrons. The zero-order valence-corrected chi connectivity index (χ0v) is 9.90. The van der Waals surface area contributed by atoms with Gasteiger partial charge in [-0.3, -0.25) is 0 Å². The molecular weight excluding hydrogens is 188 g/mol. The smallest absolute Gasteiger partial charge is 0.121 e. The molecule has 1 rings (SSSR count). The van der Waals surface area contributed by atoms with Gasteiger partial charge in [0.25, 0.3) is 0 Å². The van der Waals surface area contributed by atoms with Crippen molar-refractivity contribution in [2.75, 3.05) is 0 Å². The van der Waals surface area contributed by atoms with Crippen molar-refractivity contribution >= 4 is 0 Å². The van der Waals surface area contributed by atoms with Crippen molar-refractivity contribution in [2.45, 2.75) is 45.8 Å². The second-order valence-electron chi connectivity index (χ2n) is 4.29. The highest BCUT2D eigenvalue weighted by atomic mass is 16.5. The van der Waals surface area contributed by atoms with E-state index in [2.05, 4.69) is 26.0 Å². The fraction of sp³-hybridized carbons (Fsp3) is 0.538. The third kappa shape index (κ3) is 3.56. The first-order valence-electron chi connectivity index (χ1n) is 5.45. The van der Waals surface area contributed by atoms with E-state index in [4.69, 9.17) is 4.74 Å². The van der Waals surface area contributed by atoms with Gasteiger partial charge in [0.05, 0.1) is 6.10 Å². The summed E-state index contributed by atoms with van der Waals surface area (Å²) >= 11 is 0. The van der Waals surface area contributed by atoms with Gasteiger partial charge in [0.15, 0.2) is 0 Å². The van der Waals surface area contributed by atoms with E-state index in [0.717, 1.165) is 5.75 Å². The first-order chi connectivity index (χ1) is 7.00. The van der Waals surface area contributed by atoms with Crippen LogP contribution in [-0.4, -0.2) is 17.3 Å². The third-order valence-electron chi connectivity index (χ3n) is 2.55. The van der Waals surface area contributed by atoms with Crippen molar-refractivity contribution in [1.29, 1.82) is 0 Å². The minimum atomic E-state index is -0.449. The first kappa shape index (κ1) is 12.1. The van der Waals surface area contributed by atoms with E-state index in [-0.39, 0.29) is 6.10 Å². The summed E-state index contributed by atoms with van der Waals surface area (Å²) in [5.41, 5.74) is 1.30. The van der Waals surface area contributed by atoms with Gasteiger partial charge in [0.2, 0.25) is 0 Å². The minimum absolute atomic E-state index is 0.171. The Hall–Kier alpha value is -1.02. The van der Waals surface area contributed by atoms with Gasteiger partial charge in [-0.15, -0.1) is 0 Å². The van der Waals surface area contributed by atoms with E-state index in [1.807, 2.05) is 19.1 Å². The van der Waals surface area contributed by atoms with E-state index in [0.29, 0.717) is 5.92 Å². The maximum absolute atomic E-state index is 9.30. The molecule has 0 saturated heterocycles. The fourth-order valence-electron chi connectivity index (χ4n) is 1.24. The Morgan fingerprint density at radius 2 is 1.53 bits per heavy atom. The number of aliphatic hydroxyl groups is 1. The fourth-order valence-corrected chi connectivity index (χ4v) is 1.24. The summed E-state index contributed by atoms with van der Waals surface area (Å²) in [6.45, 7) is 7.91. The van der Waals surface area contributed by atoms with Crippen molar-refractivity contribution in [3.63, 3.8) is 0 Å². The number of hydrogen-bond acceptors (Lipinski definition) is 2. The lowest BCUT2D eigenvalue weighted by molar-refractivity contribution is 0.0604. The molecule has 0 fully saturated rings. The lowest BCUT2D eigenvalue weighted by Gasteiger charge is -2.17. The van der Waals surface area contributed by atoms with Gasteiger partial charge in [0.1, 0.15) is 11.9 Å². The van der Waals surface area contributed by atoms with E-state index >= 15 is 0 Å². The third-order valence-corrected chi connectivity index (χ3v) is 2.55. The van der Waals surface area contributed by atoms with Crippen molar-refractivity contribution in [3.8, 4) is 5.75 Å². The molecule has 0 amide bonds. The average Bonchev–Trinajstić information content (AvgIpc) is 2.18. The molecule has 2 heteroatoms. The van der Waals surface area contributed by atoms with Crippen molar-refractivity contribution < 1.29 is 9.84 Å². The van der Waals surface area contributed by atoms with Gasteiger partial charge < -0.3 is 9.84 Å². The molecule has 0 aliphatic carbocycles. The van der Waals surface area contributed by atoms with Crippen LogP contribution in [0.4, 0.5) is 0 Å². The molecule has 2 atom stereocenters. The number of aliphatic hydroxyl groups excluding tert-OH is 1. The number of hydrogen-bond donors (Lipinski definition) is 1. The molecule has 1 unspecified atom stereocenters. The summed E-state index contributed by atoms with van der Waals surface area (Å²) in [5, 5.41) is 9.30. The molecule has 1 N–H and O–H groups in total. The van der Waals surface area contributed by atoms with Crippen LogP contribution in [0.1, 0.15) is 39.2 Å². The molecule has 84 valence electrons. The molecule has 0 heterocycles. The lowest BCUT2D eigenvalue weighted by atomic mass is 10.0. The molecular formula is C13H20O2. The highest BCUT2D eigenvalue weighted by Crippen LogP contribution is 2.19. The molecule has 15 heavy (non-hydrogen) atoms. The summed E-state index contributed by atoms with van der Waals surface area (Å²) in [4.78, 5) is 0. The normalized spacial score (nSPS) is 15.1. The zero-order chi connectivity index (χ0) is 11.4.